The lowest BCUT2D eigenvalue weighted by atomic mass is 10.1. The van der Waals surface area contributed by atoms with Crippen LogP contribution >= 0.6 is 0 Å². The lowest BCUT2D eigenvalue weighted by Crippen LogP contribution is -2.26. The molecule has 2 aromatic rings. The average Bonchev–Trinajstić information content (AvgIpc) is 2.79. The zero-order valence-corrected chi connectivity index (χ0v) is 12.0. The Labute approximate surface area is 118 Å². The first kappa shape index (κ1) is 14.1. The average molecular weight is 273 g/mol. The summed E-state index contributed by atoms with van der Waals surface area (Å²) in [5.74, 6) is 0.754. The number of H-pyrrole nitrogens is 1. The molecule has 0 bridgehead atoms. The van der Waals surface area contributed by atoms with Gasteiger partial charge in [0.15, 0.2) is 0 Å². The Kier molecular flexibility index (Phi) is 4.40. The third kappa shape index (κ3) is 3.17. The molecule has 1 amide bonds. The molecule has 0 spiro atoms. The van der Waals surface area contributed by atoms with Crippen molar-refractivity contribution in [1.29, 1.82) is 0 Å². The van der Waals surface area contributed by atoms with Crippen molar-refractivity contribution in [3.63, 3.8) is 0 Å². The Morgan fingerprint density at radius 1 is 1.30 bits per heavy atom. The van der Waals surface area contributed by atoms with Crippen molar-refractivity contribution in [2.24, 2.45) is 0 Å². The van der Waals surface area contributed by atoms with E-state index in [1.54, 1.807) is 7.11 Å². The molecule has 106 valence electrons. The predicted molar refractivity (Wildman–Crippen MR) is 77.1 cm³/mol. The number of carbonyl (C=O) groups excluding carboxylic acids is 1. The van der Waals surface area contributed by atoms with Crippen molar-refractivity contribution >= 4 is 5.91 Å². The summed E-state index contributed by atoms with van der Waals surface area (Å²) in [6, 6.07) is 7.84. The number of amides is 1. The normalized spacial score (nSPS) is 10.3. The minimum atomic E-state index is -0.0812. The number of hydrogen-bond acceptors (Lipinski definition) is 3. The Bertz CT molecular complexity index is 568. The van der Waals surface area contributed by atoms with Gasteiger partial charge in [0.2, 0.25) is 0 Å². The summed E-state index contributed by atoms with van der Waals surface area (Å²) in [6.45, 7) is 4.26. The molecule has 2 N–H and O–H groups in total. The van der Waals surface area contributed by atoms with Gasteiger partial charge in [-0.3, -0.25) is 9.89 Å². The molecule has 0 aliphatic carbocycles. The van der Waals surface area contributed by atoms with Crippen LogP contribution in [0.1, 0.15) is 27.3 Å². The van der Waals surface area contributed by atoms with Crippen molar-refractivity contribution in [2.75, 3.05) is 13.7 Å². The van der Waals surface area contributed by atoms with Crippen LogP contribution in [-0.4, -0.2) is 29.8 Å². The van der Waals surface area contributed by atoms with E-state index in [2.05, 4.69) is 15.5 Å². The van der Waals surface area contributed by atoms with Gasteiger partial charge in [0.25, 0.3) is 5.91 Å². The Morgan fingerprint density at radius 3 is 2.55 bits per heavy atom. The van der Waals surface area contributed by atoms with Crippen LogP contribution in [0.4, 0.5) is 0 Å². The summed E-state index contributed by atoms with van der Waals surface area (Å²) in [6.07, 6.45) is 0.783. The van der Waals surface area contributed by atoms with Crippen molar-refractivity contribution < 1.29 is 9.53 Å². The molecule has 5 heteroatoms. The van der Waals surface area contributed by atoms with E-state index in [0.717, 1.165) is 29.1 Å². The molecule has 1 aromatic carbocycles. The standard InChI is InChI=1S/C15H19N3O2/c1-10-14(11(2)18-17-10)15(19)16-9-8-12-4-6-13(20-3)7-5-12/h4-7H,8-9H2,1-3H3,(H,16,19)(H,17,18). The maximum Gasteiger partial charge on any atom is 0.255 e. The second-order valence-electron chi connectivity index (χ2n) is 4.66. The molecule has 0 unspecified atom stereocenters. The van der Waals surface area contributed by atoms with Crippen LogP contribution in [0.3, 0.4) is 0 Å². The van der Waals surface area contributed by atoms with E-state index in [0.29, 0.717) is 12.1 Å². The Balaban J connectivity index is 1.88. The largest absolute Gasteiger partial charge is 0.497 e. The Morgan fingerprint density at radius 2 is 2.00 bits per heavy atom. The highest BCUT2D eigenvalue weighted by molar-refractivity contribution is 5.96. The maximum absolute atomic E-state index is 12.0. The SMILES string of the molecule is COc1ccc(CCNC(=O)c2c(C)n[nH]c2C)cc1. The van der Waals surface area contributed by atoms with E-state index < -0.39 is 0 Å². The van der Waals surface area contributed by atoms with Crippen LogP contribution in [0, 0.1) is 13.8 Å². The molecule has 0 saturated carbocycles. The lowest BCUT2D eigenvalue weighted by molar-refractivity contribution is 0.0953. The third-order valence-electron chi connectivity index (χ3n) is 3.21. The van der Waals surface area contributed by atoms with Gasteiger partial charge in [-0.15, -0.1) is 0 Å². The number of benzene rings is 1. The van der Waals surface area contributed by atoms with E-state index >= 15 is 0 Å². The molecule has 2 rings (SSSR count). The van der Waals surface area contributed by atoms with Crippen LogP contribution in [0.2, 0.25) is 0 Å². The molecule has 20 heavy (non-hydrogen) atoms. The zero-order valence-electron chi connectivity index (χ0n) is 12.0. The number of rotatable bonds is 5. The second-order valence-corrected chi connectivity index (χ2v) is 4.66. The monoisotopic (exact) mass is 273 g/mol. The van der Waals surface area contributed by atoms with Crippen molar-refractivity contribution in [3.8, 4) is 5.75 Å². The first-order valence-corrected chi connectivity index (χ1v) is 6.54. The summed E-state index contributed by atoms with van der Waals surface area (Å²) in [7, 11) is 1.64. The van der Waals surface area contributed by atoms with Gasteiger partial charge >= 0.3 is 0 Å². The highest BCUT2D eigenvalue weighted by atomic mass is 16.5. The molecule has 0 aliphatic rings. The minimum Gasteiger partial charge on any atom is -0.497 e. The first-order valence-electron chi connectivity index (χ1n) is 6.54. The predicted octanol–water partition coefficient (Wildman–Crippen LogP) is 2.01. The van der Waals surface area contributed by atoms with Gasteiger partial charge in [0, 0.05) is 12.2 Å². The molecule has 0 aliphatic heterocycles. The molecule has 1 heterocycles. The number of aromatic amines is 1. The van der Waals surface area contributed by atoms with Crippen molar-refractivity contribution in [1.82, 2.24) is 15.5 Å². The van der Waals surface area contributed by atoms with Crippen molar-refractivity contribution in [2.45, 2.75) is 20.3 Å². The molecule has 0 atom stereocenters. The lowest BCUT2D eigenvalue weighted by Gasteiger charge is -2.06. The van der Waals surface area contributed by atoms with Crippen LogP contribution in [-0.2, 0) is 6.42 Å². The number of nitrogens with zero attached hydrogens (tertiary/aromatic N) is 1. The van der Waals surface area contributed by atoms with Gasteiger partial charge in [0.1, 0.15) is 5.75 Å². The van der Waals surface area contributed by atoms with Crippen LogP contribution < -0.4 is 10.1 Å². The zero-order chi connectivity index (χ0) is 14.5. The van der Waals surface area contributed by atoms with E-state index in [-0.39, 0.29) is 5.91 Å². The quantitative estimate of drug-likeness (QED) is 0.875. The summed E-state index contributed by atoms with van der Waals surface area (Å²) in [5.41, 5.74) is 3.32. The van der Waals surface area contributed by atoms with Crippen LogP contribution in [0.15, 0.2) is 24.3 Å². The highest BCUT2D eigenvalue weighted by Crippen LogP contribution is 2.12. The number of nitrogens with one attached hydrogen (secondary N) is 2. The van der Waals surface area contributed by atoms with E-state index in [1.165, 1.54) is 0 Å². The van der Waals surface area contributed by atoms with Crippen molar-refractivity contribution in [3.05, 3.63) is 46.8 Å². The highest BCUT2D eigenvalue weighted by Gasteiger charge is 2.14. The third-order valence-corrected chi connectivity index (χ3v) is 3.21. The second kappa shape index (κ2) is 6.23. The van der Waals surface area contributed by atoms with Gasteiger partial charge < -0.3 is 10.1 Å². The number of hydrogen-bond donors (Lipinski definition) is 2. The minimum absolute atomic E-state index is 0.0812. The molecule has 0 saturated heterocycles. The number of aromatic nitrogens is 2. The summed E-state index contributed by atoms with van der Waals surface area (Å²) in [4.78, 5) is 12.0. The smallest absolute Gasteiger partial charge is 0.255 e. The summed E-state index contributed by atoms with van der Waals surface area (Å²) >= 11 is 0. The van der Waals surface area contributed by atoms with Gasteiger partial charge in [-0.25, -0.2) is 0 Å². The maximum atomic E-state index is 12.0. The first-order chi connectivity index (χ1) is 9.61. The fourth-order valence-corrected chi connectivity index (χ4v) is 2.09. The number of carbonyl (C=O) groups is 1. The number of aryl methyl sites for hydroxylation is 2. The molecule has 0 fully saturated rings. The van der Waals surface area contributed by atoms with E-state index in [9.17, 15) is 4.79 Å². The number of ether oxygens (including phenoxy) is 1. The summed E-state index contributed by atoms with van der Waals surface area (Å²) in [5, 5.41) is 9.75. The number of methoxy groups -OCH3 is 1. The van der Waals surface area contributed by atoms with Crippen LogP contribution in [0.25, 0.3) is 0 Å². The van der Waals surface area contributed by atoms with Crippen LogP contribution in [0.5, 0.6) is 5.75 Å². The fourth-order valence-electron chi connectivity index (χ4n) is 2.09. The van der Waals surface area contributed by atoms with Gasteiger partial charge in [-0.2, -0.15) is 5.10 Å². The topological polar surface area (TPSA) is 67.0 Å². The molecular formula is C15H19N3O2. The fraction of sp³-hybridized carbons (Fsp3) is 0.333. The molecule has 0 radical (unpaired) electrons. The van der Waals surface area contributed by atoms with Gasteiger partial charge in [-0.1, -0.05) is 12.1 Å². The van der Waals surface area contributed by atoms with E-state index in [4.69, 9.17) is 4.74 Å². The summed E-state index contributed by atoms with van der Waals surface area (Å²) < 4.78 is 5.11. The van der Waals surface area contributed by atoms with E-state index in [1.807, 2.05) is 38.1 Å². The molecule has 5 nitrogen and oxygen atoms in total. The molecular weight excluding hydrogens is 254 g/mol. The van der Waals surface area contributed by atoms with Gasteiger partial charge in [-0.05, 0) is 38.0 Å². The van der Waals surface area contributed by atoms with Gasteiger partial charge in [0.05, 0.1) is 18.4 Å². The Hall–Kier alpha value is -2.30. The molecule has 1 aromatic heterocycles.